The molecule has 0 aromatic heterocycles. The summed E-state index contributed by atoms with van der Waals surface area (Å²) in [6, 6.07) is 9.67. The first kappa shape index (κ1) is 25.5. The normalized spacial score (nSPS) is 20.5. The van der Waals surface area contributed by atoms with Crippen LogP contribution in [0.5, 0.6) is 0 Å². The second kappa shape index (κ2) is 13.6. The van der Waals surface area contributed by atoms with E-state index in [-0.39, 0.29) is 0 Å². The first-order valence-electron chi connectivity index (χ1n) is 13.8. The molecule has 1 aromatic rings. The highest BCUT2D eigenvalue weighted by atomic mass is 15.1. The van der Waals surface area contributed by atoms with Crippen molar-refractivity contribution in [3.8, 4) is 0 Å². The Morgan fingerprint density at radius 1 is 1.09 bits per heavy atom. The number of hydrogen-bond donors (Lipinski definition) is 1. The van der Waals surface area contributed by atoms with Gasteiger partial charge in [0.25, 0.3) is 0 Å². The van der Waals surface area contributed by atoms with Crippen LogP contribution in [0.3, 0.4) is 0 Å². The Morgan fingerprint density at radius 2 is 1.84 bits per heavy atom. The fourth-order valence-corrected chi connectivity index (χ4v) is 6.01. The average Bonchev–Trinajstić information content (AvgIpc) is 2.80. The van der Waals surface area contributed by atoms with Crippen LogP contribution in [-0.2, 0) is 12.8 Å². The number of hydrogen-bond acceptors (Lipinski definition) is 2. The van der Waals surface area contributed by atoms with Gasteiger partial charge in [-0.1, -0.05) is 81.9 Å². The lowest BCUT2D eigenvalue weighted by atomic mass is 9.73. The lowest BCUT2D eigenvalue weighted by Crippen LogP contribution is -2.46. The van der Waals surface area contributed by atoms with Gasteiger partial charge >= 0.3 is 0 Å². The summed E-state index contributed by atoms with van der Waals surface area (Å²) in [6.45, 7) is 12.9. The summed E-state index contributed by atoms with van der Waals surface area (Å²) in [6.07, 6.45) is 18.4. The Kier molecular flexibility index (Phi) is 10.8. The highest BCUT2D eigenvalue weighted by Gasteiger charge is 2.34. The van der Waals surface area contributed by atoms with Crippen LogP contribution in [0, 0.1) is 11.3 Å². The van der Waals surface area contributed by atoms with Crippen molar-refractivity contribution >= 4 is 0 Å². The maximum Gasteiger partial charge on any atom is 0.00185 e. The zero-order chi connectivity index (χ0) is 22.7. The molecule has 1 aromatic carbocycles. The van der Waals surface area contributed by atoms with E-state index < -0.39 is 0 Å². The van der Waals surface area contributed by atoms with Gasteiger partial charge in [0.05, 0.1) is 0 Å². The molecule has 2 heteroatoms. The molecule has 0 bridgehead atoms. The summed E-state index contributed by atoms with van der Waals surface area (Å²) < 4.78 is 0. The van der Waals surface area contributed by atoms with Gasteiger partial charge in [-0.3, -0.25) is 0 Å². The van der Waals surface area contributed by atoms with Gasteiger partial charge in [-0.05, 0) is 94.0 Å². The number of allylic oxidation sites excluding steroid dienone is 1. The number of nitrogens with one attached hydrogen (secondary N) is 1. The third kappa shape index (κ3) is 8.34. The van der Waals surface area contributed by atoms with E-state index in [0.29, 0.717) is 5.41 Å². The molecule has 1 aliphatic heterocycles. The SMILES string of the molecule is CC/C=C(/C)CCN1CCC(CNCCC)(Cc2cccc(CC3CCCCC3)c2)CC1. The van der Waals surface area contributed by atoms with Gasteiger partial charge in [0, 0.05) is 13.1 Å². The molecule has 1 saturated carbocycles. The zero-order valence-corrected chi connectivity index (χ0v) is 21.4. The van der Waals surface area contributed by atoms with E-state index >= 15 is 0 Å². The van der Waals surface area contributed by atoms with Gasteiger partial charge in [0.1, 0.15) is 0 Å². The van der Waals surface area contributed by atoms with Crippen LogP contribution >= 0.6 is 0 Å². The van der Waals surface area contributed by atoms with E-state index in [1.807, 2.05) is 0 Å². The summed E-state index contributed by atoms with van der Waals surface area (Å²) in [5.41, 5.74) is 5.14. The molecule has 32 heavy (non-hydrogen) atoms. The third-order valence-corrected chi connectivity index (χ3v) is 8.04. The molecule has 2 nitrogen and oxygen atoms in total. The van der Waals surface area contributed by atoms with Crippen molar-refractivity contribution in [1.82, 2.24) is 10.2 Å². The van der Waals surface area contributed by atoms with Gasteiger partial charge in [-0.15, -0.1) is 0 Å². The van der Waals surface area contributed by atoms with Crippen LogP contribution in [-0.4, -0.2) is 37.6 Å². The van der Waals surface area contributed by atoms with E-state index in [0.717, 1.165) is 18.9 Å². The van der Waals surface area contributed by atoms with E-state index in [4.69, 9.17) is 0 Å². The van der Waals surface area contributed by atoms with Gasteiger partial charge < -0.3 is 10.2 Å². The van der Waals surface area contributed by atoms with Crippen LogP contribution in [0.4, 0.5) is 0 Å². The average molecular weight is 439 g/mol. The minimum absolute atomic E-state index is 0.420. The molecule has 180 valence electrons. The lowest BCUT2D eigenvalue weighted by molar-refractivity contribution is 0.102. The molecule has 0 amide bonds. The smallest absolute Gasteiger partial charge is 0.00185 e. The molecule has 1 N–H and O–H groups in total. The second-order valence-electron chi connectivity index (χ2n) is 10.9. The molecule has 1 aliphatic carbocycles. The molecule has 2 fully saturated rings. The Balaban J connectivity index is 1.59. The highest BCUT2D eigenvalue weighted by Crippen LogP contribution is 2.35. The second-order valence-corrected chi connectivity index (χ2v) is 10.9. The van der Waals surface area contributed by atoms with Crippen LogP contribution in [0.2, 0.25) is 0 Å². The van der Waals surface area contributed by atoms with Crippen LogP contribution in [0.25, 0.3) is 0 Å². The molecule has 1 heterocycles. The van der Waals surface area contributed by atoms with Crippen molar-refractivity contribution in [3.63, 3.8) is 0 Å². The van der Waals surface area contributed by atoms with Crippen molar-refractivity contribution < 1.29 is 0 Å². The molecule has 0 atom stereocenters. The van der Waals surface area contributed by atoms with Crippen molar-refractivity contribution in [3.05, 3.63) is 47.0 Å². The van der Waals surface area contributed by atoms with Crippen LogP contribution in [0.1, 0.15) is 96.1 Å². The Labute approximate surface area is 199 Å². The number of benzene rings is 1. The number of piperidine rings is 1. The number of nitrogens with zero attached hydrogens (tertiary/aromatic N) is 1. The molecule has 0 radical (unpaired) electrons. The Bertz CT molecular complexity index is 678. The van der Waals surface area contributed by atoms with Crippen LogP contribution < -0.4 is 5.32 Å². The number of rotatable bonds is 12. The van der Waals surface area contributed by atoms with Crippen molar-refractivity contribution in [2.45, 2.75) is 97.8 Å². The topological polar surface area (TPSA) is 15.3 Å². The summed E-state index contributed by atoms with van der Waals surface area (Å²) in [5, 5.41) is 3.80. The Hall–Kier alpha value is -1.12. The molecule has 0 spiro atoms. The monoisotopic (exact) mass is 438 g/mol. The molecule has 0 unspecified atom stereocenters. The van der Waals surface area contributed by atoms with E-state index in [9.17, 15) is 0 Å². The standard InChI is InChI=1S/C30H50N2/c1-4-10-26(3)15-19-32-20-16-30(17-21-32,25-31-18-5-2)24-29-14-9-13-28(23-29)22-27-11-7-6-8-12-27/h9-10,13-14,23,27,31H,4-8,11-12,15-22,24-25H2,1-3H3/b26-10-. The zero-order valence-electron chi connectivity index (χ0n) is 21.4. The fourth-order valence-electron chi connectivity index (χ4n) is 6.01. The quantitative estimate of drug-likeness (QED) is 0.275. The van der Waals surface area contributed by atoms with Crippen molar-refractivity contribution in [2.24, 2.45) is 11.3 Å². The summed E-state index contributed by atoms with van der Waals surface area (Å²) in [5.74, 6) is 0.924. The van der Waals surface area contributed by atoms with Crippen molar-refractivity contribution in [1.29, 1.82) is 0 Å². The first-order valence-corrected chi connectivity index (χ1v) is 13.8. The van der Waals surface area contributed by atoms with Crippen molar-refractivity contribution in [2.75, 3.05) is 32.7 Å². The summed E-state index contributed by atoms with van der Waals surface area (Å²) in [4.78, 5) is 2.71. The Morgan fingerprint density at radius 3 is 2.56 bits per heavy atom. The molecule has 1 saturated heterocycles. The highest BCUT2D eigenvalue weighted by molar-refractivity contribution is 5.25. The predicted octanol–water partition coefficient (Wildman–Crippen LogP) is 7.18. The maximum atomic E-state index is 3.80. The van der Waals surface area contributed by atoms with Gasteiger partial charge in [-0.25, -0.2) is 0 Å². The van der Waals surface area contributed by atoms with E-state index in [1.165, 1.54) is 96.8 Å². The number of likely N-dealkylation sites (tertiary alicyclic amines) is 1. The molecular weight excluding hydrogens is 388 g/mol. The molecule has 3 rings (SSSR count). The van der Waals surface area contributed by atoms with E-state index in [1.54, 1.807) is 16.7 Å². The predicted molar refractivity (Wildman–Crippen MR) is 140 cm³/mol. The summed E-state index contributed by atoms with van der Waals surface area (Å²) >= 11 is 0. The minimum atomic E-state index is 0.420. The summed E-state index contributed by atoms with van der Waals surface area (Å²) in [7, 11) is 0. The van der Waals surface area contributed by atoms with E-state index in [2.05, 4.69) is 61.3 Å². The van der Waals surface area contributed by atoms with Gasteiger partial charge in [0.2, 0.25) is 0 Å². The third-order valence-electron chi connectivity index (χ3n) is 8.04. The largest absolute Gasteiger partial charge is 0.316 e. The fraction of sp³-hybridized carbons (Fsp3) is 0.733. The van der Waals surface area contributed by atoms with Gasteiger partial charge in [-0.2, -0.15) is 0 Å². The molecule has 2 aliphatic rings. The maximum absolute atomic E-state index is 3.80. The lowest BCUT2D eigenvalue weighted by Gasteiger charge is -2.42. The molecular formula is C30H50N2. The first-order chi connectivity index (χ1) is 15.6. The minimum Gasteiger partial charge on any atom is -0.316 e. The van der Waals surface area contributed by atoms with Gasteiger partial charge in [0.15, 0.2) is 0 Å². The van der Waals surface area contributed by atoms with Crippen LogP contribution in [0.15, 0.2) is 35.9 Å².